The molecule has 7 heteroatoms. The second kappa shape index (κ2) is 9.97. The first-order chi connectivity index (χ1) is 16.6. The van der Waals surface area contributed by atoms with Crippen molar-refractivity contribution in [2.45, 2.75) is 50.6 Å². The Morgan fingerprint density at radius 3 is 2.47 bits per heavy atom. The van der Waals surface area contributed by atoms with Crippen LogP contribution in [0.25, 0.3) is 11.1 Å². The molecule has 1 amide bonds. The summed E-state index contributed by atoms with van der Waals surface area (Å²) in [6.07, 6.45) is 4.31. The van der Waals surface area contributed by atoms with Gasteiger partial charge in [0.2, 0.25) is 5.91 Å². The number of benzene rings is 2. The molecule has 34 heavy (non-hydrogen) atoms. The topological polar surface area (TPSA) is 69.4 Å². The molecule has 1 saturated heterocycles. The lowest BCUT2D eigenvalue weighted by molar-refractivity contribution is -0.131. The van der Waals surface area contributed by atoms with Gasteiger partial charge in [0.1, 0.15) is 5.82 Å². The predicted molar refractivity (Wildman–Crippen MR) is 131 cm³/mol. The maximum Gasteiger partial charge on any atom is 0.346 e. The quantitative estimate of drug-likeness (QED) is 0.515. The van der Waals surface area contributed by atoms with Crippen LogP contribution in [0.5, 0.6) is 0 Å². The number of aromatic nitrogens is 3. The van der Waals surface area contributed by atoms with Gasteiger partial charge in [-0.2, -0.15) is 5.10 Å². The monoisotopic (exact) mass is 460 g/mol. The van der Waals surface area contributed by atoms with Gasteiger partial charge in [0.15, 0.2) is 0 Å². The fraction of sp³-hybridized carbons (Fsp3) is 0.444. The maximum absolute atomic E-state index is 13.2. The van der Waals surface area contributed by atoms with Crippen LogP contribution >= 0.6 is 0 Å². The summed E-state index contributed by atoms with van der Waals surface area (Å²) in [7, 11) is 1.63. The Labute approximate surface area is 200 Å². The molecule has 1 atom stereocenters. The number of hydrogen-bond donors (Lipinski definition) is 0. The van der Waals surface area contributed by atoms with Crippen LogP contribution in [0.3, 0.4) is 0 Å². The molecule has 1 aromatic heterocycles. The molecule has 2 aromatic carbocycles. The third-order valence-corrected chi connectivity index (χ3v) is 6.87. The average molecular weight is 461 g/mol. The molecule has 7 nitrogen and oxygen atoms in total. The number of nitrogens with zero attached hydrogens (tertiary/aromatic N) is 4. The largest absolute Gasteiger partial charge is 0.383 e. The van der Waals surface area contributed by atoms with Crippen LogP contribution in [0.15, 0.2) is 59.4 Å². The SMILES string of the molecule is COCCn1nc(C2CCCN(C(=O)Cc3ccc(-c4ccccc4)cc3)C2)n(C2CC2)c1=O. The van der Waals surface area contributed by atoms with Gasteiger partial charge in [0.05, 0.1) is 19.6 Å². The Hall–Kier alpha value is -3.19. The van der Waals surface area contributed by atoms with Gasteiger partial charge in [-0.15, -0.1) is 0 Å². The standard InChI is InChI=1S/C27H32N4O3/c1-34-17-16-30-27(33)31(24-13-14-24)26(28-30)23-8-5-15-29(19-23)25(32)18-20-9-11-22(12-10-20)21-6-3-2-4-7-21/h2-4,6-7,9-12,23-24H,5,8,13-19H2,1H3. The Morgan fingerprint density at radius 2 is 1.76 bits per heavy atom. The van der Waals surface area contributed by atoms with Crippen LogP contribution in [0.2, 0.25) is 0 Å². The highest BCUT2D eigenvalue weighted by Gasteiger charge is 2.35. The number of hydrogen-bond acceptors (Lipinski definition) is 4. The molecule has 2 heterocycles. The fourth-order valence-electron chi connectivity index (χ4n) is 4.86. The van der Waals surface area contributed by atoms with E-state index in [1.165, 1.54) is 10.2 Å². The lowest BCUT2D eigenvalue weighted by atomic mass is 9.96. The maximum atomic E-state index is 13.2. The minimum atomic E-state index is -0.0449. The second-order valence-electron chi connectivity index (χ2n) is 9.38. The summed E-state index contributed by atoms with van der Waals surface area (Å²) in [5, 5.41) is 4.70. The van der Waals surface area contributed by atoms with E-state index in [1.807, 2.05) is 39.8 Å². The summed E-state index contributed by atoms with van der Waals surface area (Å²) in [5.41, 5.74) is 3.30. The summed E-state index contributed by atoms with van der Waals surface area (Å²) < 4.78 is 8.57. The zero-order valence-electron chi connectivity index (χ0n) is 19.7. The molecule has 1 aliphatic heterocycles. The number of carbonyl (C=O) groups excluding carboxylic acids is 1. The molecule has 178 valence electrons. The van der Waals surface area contributed by atoms with E-state index in [1.54, 1.807) is 7.11 Å². The molecule has 1 unspecified atom stereocenters. The number of amides is 1. The molecular formula is C27H32N4O3. The van der Waals surface area contributed by atoms with Crippen molar-refractivity contribution in [3.05, 3.63) is 76.5 Å². The van der Waals surface area contributed by atoms with Gasteiger partial charge in [-0.3, -0.25) is 9.36 Å². The predicted octanol–water partition coefficient (Wildman–Crippen LogP) is 3.64. The van der Waals surface area contributed by atoms with E-state index in [0.29, 0.717) is 26.1 Å². The third kappa shape index (κ3) is 4.85. The first-order valence-electron chi connectivity index (χ1n) is 12.2. The van der Waals surface area contributed by atoms with E-state index in [4.69, 9.17) is 9.84 Å². The van der Waals surface area contributed by atoms with Crippen molar-refractivity contribution < 1.29 is 9.53 Å². The summed E-state index contributed by atoms with van der Waals surface area (Å²) in [4.78, 5) is 28.0. The fourth-order valence-corrected chi connectivity index (χ4v) is 4.86. The van der Waals surface area contributed by atoms with Crippen molar-refractivity contribution >= 4 is 5.91 Å². The van der Waals surface area contributed by atoms with E-state index >= 15 is 0 Å². The highest BCUT2D eigenvalue weighted by Crippen LogP contribution is 2.37. The van der Waals surface area contributed by atoms with Gasteiger partial charge in [-0.05, 0) is 42.4 Å². The van der Waals surface area contributed by atoms with Gasteiger partial charge in [-0.25, -0.2) is 9.48 Å². The van der Waals surface area contributed by atoms with Crippen LogP contribution in [0, 0.1) is 0 Å². The average Bonchev–Trinajstić information content (AvgIpc) is 3.66. The van der Waals surface area contributed by atoms with E-state index in [0.717, 1.165) is 49.2 Å². The summed E-state index contributed by atoms with van der Waals surface area (Å²) >= 11 is 0. The first-order valence-corrected chi connectivity index (χ1v) is 12.2. The molecule has 0 N–H and O–H groups in total. The van der Waals surface area contributed by atoms with Crippen LogP contribution < -0.4 is 5.69 Å². The summed E-state index contributed by atoms with van der Waals surface area (Å²) in [5.74, 6) is 1.07. The zero-order valence-corrected chi connectivity index (χ0v) is 19.7. The number of rotatable bonds is 8. The van der Waals surface area contributed by atoms with E-state index in [2.05, 4.69) is 24.3 Å². The number of likely N-dealkylation sites (tertiary alicyclic amines) is 1. The Morgan fingerprint density at radius 1 is 1.03 bits per heavy atom. The molecular weight excluding hydrogens is 428 g/mol. The van der Waals surface area contributed by atoms with Crippen LogP contribution in [0.1, 0.15) is 49.0 Å². The molecule has 3 aromatic rings. The van der Waals surface area contributed by atoms with Crippen LogP contribution in [0.4, 0.5) is 0 Å². The summed E-state index contributed by atoms with van der Waals surface area (Å²) in [6.45, 7) is 2.29. The van der Waals surface area contributed by atoms with Crippen molar-refractivity contribution in [2.75, 3.05) is 26.8 Å². The minimum Gasteiger partial charge on any atom is -0.383 e. The second-order valence-corrected chi connectivity index (χ2v) is 9.38. The molecule has 2 aliphatic rings. The molecule has 5 rings (SSSR count). The van der Waals surface area contributed by atoms with Gasteiger partial charge >= 0.3 is 5.69 Å². The van der Waals surface area contributed by atoms with Gasteiger partial charge < -0.3 is 9.64 Å². The lowest BCUT2D eigenvalue weighted by Crippen LogP contribution is -2.40. The van der Waals surface area contributed by atoms with Gasteiger partial charge in [0, 0.05) is 32.2 Å². The van der Waals surface area contributed by atoms with Crippen molar-refractivity contribution in [1.29, 1.82) is 0 Å². The molecule has 0 radical (unpaired) electrons. The van der Waals surface area contributed by atoms with Crippen molar-refractivity contribution in [1.82, 2.24) is 19.2 Å². The van der Waals surface area contributed by atoms with Gasteiger partial charge in [-0.1, -0.05) is 54.6 Å². The van der Waals surface area contributed by atoms with Crippen molar-refractivity contribution in [3.8, 4) is 11.1 Å². The first kappa shape index (κ1) is 22.6. The van der Waals surface area contributed by atoms with E-state index in [-0.39, 0.29) is 23.6 Å². The molecule has 0 bridgehead atoms. The van der Waals surface area contributed by atoms with E-state index < -0.39 is 0 Å². The third-order valence-electron chi connectivity index (χ3n) is 6.87. The van der Waals surface area contributed by atoms with E-state index in [9.17, 15) is 9.59 Å². The molecule has 1 aliphatic carbocycles. The lowest BCUT2D eigenvalue weighted by Gasteiger charge is -2.32. The Kier molecular flexibility index (Phi) is 6.63. The smallest absolute Gasteiger partial charge is 0.346 e. The molecule has 0 spiro atoms. The minimum absolute atomic E-state index is 0.0449. The Balaban J connectivity index is 1.27. The normalized spacial score (nSPS) is 18.3. The highest BCUT2D eigenvalue weighted by atomic mass is 16.5. The summed E-state index contributed by atoms with van der Waals surface area (Å²) in [6, 6.07) is 18.8. The molecule has 1 saturated carbocycles. The number of ether oxygens (including phenoxy) is 1. The van der Waals surface area contributed by atoms with Gasteiger partial charge in [0.25, 0.3) is 0 Å². The highest BCUT2D eigenvalue weighted by molar-refractivity contribution is 5.79. The van der Waals surface area contributed by atoms with Crippen molar-refractivity contribution in [2.24, 2.45) is 0 Å². The zero-order chi connectivity index (χ0) is 23.5. The van der Waals surface area contributed by atoms with Crippen LogP contribution in [-0.4, -0.2) is 52.0 Å². The number of methoxy groups -OCH3 is 1. The molecule has 2 fully saturated rings. The van der Waals surface area contributed by atoms with Crippen molar-refractivity contribution in [3.63, 3.8) is 0 Å². The number of piperidine rings is 1. The van der Waals surface area contributed by atoms with Crippen LogP contribution in [-0.2, 0) is 22.5 Å². The number of carbonyl (C=O) groups is 1. The Bertz CT molecular complexity index is 1180.